The summed E-state index contributed by atoms with van der Waals surface area (Å²) >= 11 is 0. The maximum absolute atomic E-state index is 12.7. The van der Waals surface area contributed by atoms with Crippen molar-refractivity contribution in [3.63, 3.8) is 0 Å². The zero-order valence-corrected chi connectivity index (χ0v) is 17.9. The molecule has 160 valence electrons. The summed E-state index contributed by atoms with van der Waals surface area (Å²) in [6.45, 7) is 6.83. The van der Waals surface area contributed by atoms with E-state index in [0.717, 1.165) is 36.5 Å². The summed E-state index contributed by atoms with van der Waals surface area (Å²) in [5.74, 6) is -0.694. The molecule has 0 atom stereocenters. The molecule has 0 aliphatic carbocycles. The molecular weight excluding hydrogens is 394 g/mol. The number of pyridine rings is 1. The summed E-state index contributed by atoms with van der Waals surface area (Å²) in [5, 5.41) is 7.25. The highest BCUT2D eigenvalue weighted by atomic mass is 16.5. The second-order valence-corrected chi connectivity index (χ2v) is 7.40. The van der Waals surface area contributed by atoms with Crippen molar-refractivity contribution < 1.29 is 14.3 Å². The Hall–Kier alpha value is -3.68. The van der Waals surface area contributed by atoms with Crippen LogP contribution in [0.2, 0.25) is 0 Å². The number of esters is 1. The van der Waals surface area contributed by atoms with Gasteiger partial charge in [-0.05, 0) is 50.6 Å². The van der Waals surface area contributed by atoms with Crippen LogP contribution >= 0.6 is 0 Å². The molecule has 0 spiro atoms. The van der Waals surface area contributed by atoms with Gasteiger partial charge in [0.25, 0.3) is 5.91 Å². The molecular formula is C23H25N5O3. The molecule has 1 amide bonds. The Morgan fingerprint density at radius 2 is 2.10 bits per heavy atom. The van der Waals surface area contributed by atoms with Gasteiger partial charge in [-0.2, -0.15) is 5.10 Å². The maximum Gasteiger partial charge on any atom is 0.340 e. The van der Waals surface area contributed by atoms with Gasteiger partial charge in [0, 0.05) is 18.4 Å². The summed E-state index contributed by atoms with van der Waals surface area (Å²) in [4.78, 5) is 32.9. The SMILES string of the molecule is CCCCn1nccc1-c1ccc2c(n1)/C(=C/c1[nH]c(C)cc1C(=O)OCC)C(=O)N2. The molecule has 3 aromatic rings. The van der Waals surface area contributed by atoms with Gasteiger partial charge in [0.1, 0.15) is 5.69 Å². The number of carbonyl (C=O) groups excluding carboxylic acids is 2. The first-order chi connectivity index (χ1) is 15.0. The Bertz CT molecular complexity index is 1170. The lowest BCUT2D eigenvalue weighted by atomic mass is 10.1. The number of fused-ring (bicyclic) bond motifs is 1. The van der Waals surface area contributed by atoms with Crippen LogP contribution in [0, 0.1) is 6.92 Å². The summed E-state index contributed by atoms with van der Waals surface area (Å²) in [6.07, 6.45) is 5.51. The molecule has 0 unspecified atom stereocenters. The molecule has 31 heavy (non-hydrogen) atoms. The van der Waals surface area contributed by atoms with E-state index in [0.29, 0.717) is 28.2 Å². The molecule has 0 saturated carbocycles. The van der Waals surface area contributed by atoms with Gasteiger partial charge in [0.05, 0.1) is 40.5 Å². The Labute approximate surface area is 180 Å². The van der Waals surface area contributed by atoms with Crippen LogP contribution in [0.1, 0.15) is 54.1 Å². The van der Waals surface area contributed by atoms with Crippen molar-refractivity contribution in [3.05, 3.63) is 53.1 Å². The predicted molar refractivity (Wildman–Crippen MR) is 118 cm³/mol. The van der Waals surface area contributed by atoms with E-state index >= 15 is 0 Å². The molecule has 2 N–H and O–H groups in total. The zero-order chi connectivity index (χ0) is 22.0. The third-order valence-electron chi connectivity index (χ3n) is 5.11. The van der Waals surface area contributed by atoms with Crippen LogP contribution in [0.15, 0.2) is 30.5 Å². The van der Waals surface area contributed by atoms with Crippen LogP contribution in [0.25, 0.3) is 23.0 Å². The van der Waals surface area contributed by atoms with Crippen molar-refractivity contribution in [1.29, 1.82) is 0 Å². The Morgan fingerprint density at radius 1 is 1.26 bits per heavy atom. The molecule has 0 radical (unpaired) electrons. The first-order valence-electron chi connectivity index (χ1n) is 10.4. The molecule has 0 saturated heterocycles. The van der Waals surface area contributed by atoms with Crippen molar-refractivity contribution in [2.75, 3.05) is 11.9 Å². The van der Waals surface area contributed by atoms with Gasteiger partial charge < -0.3 is 15.0 Å². The minimum atomic E-state index is -0.432. The lowest BCUT2D eigenvalue weighted by molar-refractivity contribution is -0.110. The van der Waals surface area contributed by atoms with E-state index in [2.05, 4.69) is 22.3 Å². The van der Waals surface area contributed by atoms with Crippen molar-refractivity contribution in [3.8, 4) is 11.4 Å². The number of aryl methyl sites for hydroxylation is 2. The first kappa shape index (κ1) is 20.6. The average Bonchev–Trinajstić information content (AvgIpc) is 3.44. The van der Waals surface area contributed by atoms with E-state index in [9.17, 15) is 9.59 Å². The lowest BCUT2D eigenvalue weighted by Gasteiger charge is -2.08. The highest BCUT2D eigenvalue weighted by molar-refractivity contribution is 6.34. The normalized spacial score (nSPS) is 14.0. The van der Waals surface area contributed by atoms with Crippen LogP contribution in [-0.2, 0) is 16.1 Å². The maximum atomic E-state index is 12.7. The number of rotatable bonds is 7. The van der Waals surface area contributed by atoms with E-state index in [1.807, 2.05) is 29.8 Å². The van der Waals surface area contributed by atoms with Crippen LogP contribution in [0.4, 0.5) is 5.69 Å². The van der Waals surface area contributed by atoms with Crippen molar-refractivity contribution >= 4 is 29.2 Å². The van der Waals surface area contributed by atoms with Crippen LogP contribution in [0.3, 0.4) is 0 Å². The summed E-state index contributed by atoms with van der Waals surface area (Å²) in [6, 6.07) is 7.36. The molecule has 3 aromatic heterocycles. The fraction of sp³-hybridized carbons (Fsp3) is 0.304. The number of unbranched alkanes of at least 4 members (excludes halogenated alkanes) is 1. The zero-order valence-electron chi connectivity index (χ0n) is 17.9. The average molecular weight is 419 g/mol. The molecule has 1 aliphatic heterocycles. The standard InChI is InChI=1S/C23H25N5O3/c1-4-6-11-28-20(9-10-24-28)17-7-8-18-21(26-17)16(22(29)27-18)13-19-15(12-14(3)25-19)23(30)31-5-2/h7-10,12-13,25H,4-6,11H2,1-3H3,(H,27,29)/b16-13-. The molecule has 0 aromatic carbocycles. The van der Waals surface area contributed by atoms with Gasteiger partial charge in [0.15, 0.2) is 0 Å². The quantitative estimate of drug-likeness (QED) is 0.444. The number of anilines is 1. The number of amides is 1. The summed E-state index contributed by atoms with van der Waals surface area (Å²) in [7, 11) is 0. The molecule has 8 nitrogen and oxygen atoms in total. The number of aromatic nitrogens is 4. The Morgan fingerprint density at radius 3 is 2.87 bits per heavy atom. The van der Waals surface area contributed by atoms with Gasteiger partial charge in [0.2, 0.25) is 0 Å². The van der Waals surface area contributed by atoms with Gasteiger partial charge in [-0.25, -0.2) is 9.78 Å². The third-order valence-corrected chi connectivity index (χ3v) is 5.11. The van der Waals surface area contributed by atoms with E-state index in [4.69, 9.17) is 9.72 Å². The molecule has 4 heterocycles. The number of ether oxygens (including phenoxy) is 1. The second kappa shape index (κ2) is 8.59. The Balaban J connectivity index is 1.75. The first-order valence-corrected chi connectivity index (χ1v) is 10.4. The number of aromatic amines is 1. The van der Waals surface area contributed by atoms with E-state index in [-0.39, 0.29) is 12.5 Å². The molecule has 1 aliphatic rings. The van der Waals surface area contributed by atoms with Gasteiger partial charge in [-0.1, -0.05) is 13.3 Å². The highest BCUT2D eigenvalue weighted by Gasteiger charge is 2.28. The van der Waals surface area contributed by atoms with Crippen LogP contribution < -0.4 is 5.32 Å². The summed E-state index contributed by atoms with van der Waals surface area (Å²) < 4.78 is 7.07. The smallest absolute Gasteiger partial charge is 0.340 e. The summed E-state index contributed by atoms with van der Waals surface area (Å²) in [5.41, 5.74) is 4.93. The van der Waals surface area contributed by atoms with Crippen LogP contribution in [-0.4, -0.2) is 38.2 Å². The van der Waals surface area contributed by atoms with Crippen molar-refractivity contribution in [2.24, 2.45) is 0 Å². The predicted octanol–water partition coefficient (Wildman–Crippen LogP) is 4.05. The van der Waals surface area contributed by atoms with Gasteiger partial charge in [-0.3, -0.25) is 9.48 Å². The fourth-order valence-electron chi connectivity index (χ4n) is 3.62. The van der Waals surface area contributed by atoms with E-state index < -0.39 is 5.97 Å². The number of nitrogens with zero attached hydrogens (tertiary/aromatic N) is 3. The van der Waals surface area contributed by atoms with Crippen molar-refractivity contribution in [2.45, 2.75) is 40.2 Å². The number of carbonyl (C=O) groups is 2. The van der Waals surface area contributed by atoms with E-state index in [1.165, 1.54) is 0 Å². The van der Waals surface area contributed by atoms with Gasteiger partial charge in [-0.15, -0.1) is 0 Å². The largest absolute Gasteiger partial charge is 0.462 e. The molecule has 4 rings (SSSR count). The van der Waals surface area contributed by atoms with Crippen molar-refractivity contribution in [1.82, 2.24) is 19.7 Å². The molecule has 0 fully saturated rings. The van der Waals surface area contributed by atoms with Crippen LogP contribution in [0.5, 0.6) is 0 Å². The fourth-order valence-corrected chi connectivity index (χ4v) is 3.62. The topological polar surface area (TPSA) is 102 Å². The number of nitrogens with one attached hydrogen (secondary N) is 2. The monoisotopic (exact) mass is 419 g/mol. The number of H-pyrrole nitrogens is 1. The van der Waals surface area contributed by atoms with E-state index in [1.54, 1.807) is 25.3 Å². The molecule has 0 bridgehead atoms. The van der Waals surface area contributed by atoms with Gasteiger partial charge >= 0.3 is 5.97 Å². The third kappa shape index (κ3) is 4.01. The molecule has 8 heteroatoms. The highest BCUT2D eigenvalue weighted by Crippen LogP contribution is 2.34. The number of hydrogen-bond donors (Lipinski definition) is 2. The second-order valence-electron chi connectivity index (χ2n) is 7.40. The minimum Gasteiger partial charge on any atom is -0.462 e. The minimum absolute atomic E-state index is 0.263. The lowest BCUT2D eigenvalue weighted by Crippen LogP contribution is -2.06. The number of hydrogen-bond acceptors (Lipinski definition) is 5. The Kier molecular flexibility index (Phi) is 5.70.